The fraction of sp³-hybridized carbons (Fsp3) is 0.167. The highest BCUT2D eigenvalue weighted by atomic mass is 15.2. The Balaban J connectivity index is 2.67. The first-order valence-electron chi connectivity index (χ1n) is 5.02. The van der Waals surface area contributed by atoms with Gasteiger partial charge in [-0.25, -0.2) is 0 Å². The first-order chi connectivity index (χ1) is 7.27. The summed E-state index contributed by atoms with van der Waals surface area (Å²) in [4.78, 5) is 0. The number of para-hydroxylation sites is 1. The van der Waals surface area contributed by atoms with Crippen LogP contribution in [0.25, 0.3) is 16.6 Å². The predicted molar refractivity (Wildman–Crippen MR) is 58.7 cm³/mol. The largest absolute Gasteiger partial charge is 0.306 e. The monoisotopic (exact) mass is 198 g/mol. The third-order valence-electron chi connectivity index (χ3n) is 2.81. The van der Waals surface area contributed by atoms with E-state index in [1.54, 1.807) is 0 Å². The number of hydrogen-bond acceptors (Lipinski definition) is 1. The molecule has 3 heteroatoms. The molecular weight excluding hydrogens is 186 g/mol. The molecule has 0 radical (unpaired) electrons. The Bertz CT molecular complexity index is 652. The van der Waals surface area contributed by atoms with Crippen molar-refractivity contribution >= 4 is 16.6 Å². The van der Waals surface area contributed by atoms with Gasteiger partial charge in [-0.1, -0.05) is 18.2 Å². The van der Waals surface area contributed by atoms with E-state index in [2.05, 4.69) is 51.9 Å². The Morgan fingerprint density at radius 1 is 1.20 bits per heavy atom. The first kappa shape index (κ1) is 8.41. The topological polar surface area (TPSA) is 32.8 Å². The van der Waals surface area contributed by atoms with Crippen LogP contribution in [0, 0.1) is 13.8 Å². The molecule has 0 aliphatic heterocycles. The fourth-order valence-corrected chi connectivity index (χ4v) is 2.08. The van der Waals surface area contributed by atoms with Gasteiger partial charge in [0.2, 0.25) is 5.82 Å². The van der Waals surface area contributed by atoms with Crippen molar-refractivity contribution < 1.29 is 4.40 Å². The summed E-state index contributed by atoms with van der Waals surface area (Å²) in [6.07, 6.45) is 0. The number of nitrogens with one attached hydrogen (secondary N) is 1. The van der Waals surface area contributed by atoms with E-state index in [1.807, 2.05) is 6.92 Å². The predicted octanol–water partition coefficient (Wildman–Crippen LogP) is 1.92. The molecule has 0 saturated heterocycles. The zero-order valence-electron chi connectivity index (χ0n) is 8.78. The van der Waals surface area contributed by atoms with E-state index in [0.717, 1.165) is 11.5 Å². The quantitative estimate of drug-likeness (QED) is 0.550. The number of nitrogens with zero attached hydrogens (tertiary/aromatic N) is 2. The van der Waals surface area contributed by atoms with Crippen molar-refractivity contribution in [2.45, 2.75) is 13.8 Å². The summed E-state index contributed by atoms with van der Waals surface area (Å²) in [5, 5.41) is 8.55. The lowest BCUT2D eigenvalue weighted by Gasteiger charge is -2.00. The van der Waals surface area contributed by atoms with Gasteiger partial charge in [-0.3, -0.25) is 0 Å². The standard InChI is InChI=1S/C12H11N3/c1-8-7-12-14-13-9(2)15(12)11-6-4-3-5-10(8)11/h3-7H,1-2H3/p+1. The number of H-pyrrole nitrogens is 1. The molecule has 74 valence electrons. The molecule has 0 aliphatic carbocycles. The Morgan fingerprint density at radius 3 is 2.87 bits per heavy atom. The highest BCUT2D eigenvalue weighted by Gasteiger charge is 2.13. The van der Waals surface area contributed by atoms with E-state index in [-0.39, 0.29) is 0 Å². The smallest absolute Gasteiger partial charge is 0.194 e. The summed E-state index contributed by atoms with van der Waals surface area (Å²) < 4.78 is 2.14. The number of hydrogen-bond donors (Lipinski definition) is 1. The van der Waals surface area contributed by atoms with Gasteiger partial charge in [-0.05, 0) is 18.6 Å². The van der Waals surface area contributed by atoms with Gasteiger partial charge in [0.25, 0.3) is 0 Å². The molecule has 0 unspecified atom stereocenters. The second-order valence-electron chi connectivity index (χ2n) is 3.85. The van der Waals surface area contributed by atoms with Crippen molar-refractivity contribution in [2.75, 3.05) is 0 Å². The van der Waals surface area contributed by atoms with Crippen LogP contribution in [0.15, 0.2) is 30.3 Å². The number of aryl methyl sites for hydroxylation is 2. The molecule has 0 bridgehead atoms. The minimum absolute atomic E-state index is 0.976. The van der Waals surface area contributed by atoms with Crippen molar-refractivity contribution in [3.63, 3.8) is 0 Å². The molecular formula is C12H12N3+. The molecule has 0 spiro atoms. The minimum atomic E-state index is 0.976. The summed E-state index contributed by atoms with van der Waals surface area (Å²) in [6.45, 7) is 4.15. The SMILES string of the molecule is Cc1cc2n[nH]c(C)[n+]2c2ccccc12. The van der Waals surface area contributed by atoms with Crippen LogP contribution in [0.3, 0.4) is 0 Å². The van der Waals surface area contributed by atoms with Crippen molar-refractivity contribution in [1.29, 1.82) is 0 Å². The molecule has 0 amide bonds. The maximum Gasteiger partial charge on any atom is 0.306 e. The molecule has 0 atom stereocenters. The summed E-state index contributed by atoms with van der Waals surface area (Å²) in [6, 6.07) is 10.5. The molecule has 3 aromatic rings. The zero-order chi connectivity index (χ0) is 10.4. The summed E-state index contributed by atoms with van der Waals surface area (Å²) in [7, 11) is 0. The van der Waals surface area contributed by atoms with E-state index >= 15 is 0 Å². The Labute approximate surface area is 87.4 Å². The molecule has 2 aromatic heterocycles. The first-order valence-corrected chi connectivity index (χ1v) is 5.02. The molecule has 2 heterocycles. The molecule has 3 rings (SSSR count). The molecule has 1 aromatic carbocycles. The Kier molecular flexibility index (Phi) is 1.57. The highest BCUT2D eigenvalue weighted by molar-refractivity contribution is 5.80. The van der Waals surface area contributed by atoms with Gasteiger partial charge < -0.3 is 0 Å². The van der Waals surface area contributed by atoms with Gasteiger partial charge >= 0.3 is 5.65 Å². The second kappa shape index (κ2) is 2.79. The normalized spacial score (nSPS) is 11.3. The molecule has 0 aliphatic rings. The molecule has 0 saturated carbocycles. The third-order valence-corrected chi connectivity index (χ3v) is 2.81. The van der Waals surface area contributed by atoms with Crippen LogP contribution in [0.1, 0.15) is 11.4 Å². The molecule has 15 heavy (non-hydrogen) atoms. The van der Waals surface area contributed by atoms with Crippen LogP contribution < -0.4 is 4.40 Å². The molecule has 0 fully saturated rings. The van der Waals surface area contributed by atoms with Crippen molar-refractivity contribution in [2.24, 2.45) is 0 Å². The number of aromatic amines is 1. The van der Waals surface area contributed by atoms with E-state index in [4.69, 9.17) is 0 Å². The van der Waals surface area contributed by atoms with Crippen LogP contribution in [-0.2, 0) is 0 Å². The van der Waals surface area contributed by atoms with Gasteiger partial charge in [-0.15, -0.1) is 5.10 Å². The third kappa shape index (κ3) is 1.06. The van der Waals surface area contributed by atoms with Crippen molar-refractivity contribution in [3.8, 4) is 0 Å². The molecule has 1 N–H and O–H groups in total. The highest BCUT2D eigenvalue weighted by Crippen LogP contribution is 2.15. The number of benzene rings is 1. The van der Waals surface area contributed by atoms with Crippen LogP contribution in [-0.4, -0.2) is 10.2 Å². The lowest BCUT2D eigenvalue weighted by molar-refractivity contribution is -0.490. The van der Waals surface area contributed by atoms with Crippen molar-refractivity contribution in [1.82, 2.24) is 10.2 Å². The van der Waals surface area contributed by atoms with Gasteiger partial charge in [0.1, 0.15) is 5.52 Å². The number of pyridine rings is 1. The van der Waals surface area contributed by atoms with Gasteiger partial charge in [0.05, 0.1) is 0 Å². The number of aromatic nitrogens is 3. The van der Waals surface area contributed by atoms with Crippen LogP contribution in [0.2, 0.25) is 0 Å². The van der Waals surface area contributed by atoms with E-state index in [1.165, 1.54) is 16.5 Å². The minimum Gasteiger partial charge on any atom is -0.194 e. The van der Waals surface area contributed by atoms with Crippen LogP contribution in [0.4, 0.5) is 0 Å². The van der Waals surface area contributed by atoms with Gasteiger partial charge in [0.15, 0.2) is 0 Å². The maximum atomic E-state index is 4.27. The Morgan fingerprint density at radius 2 is 2.00 bits per heavy atom. The van der Waals surface area contributed by atoms with Crippen LogP contribution in [0.5, 0.6) is 0 Å². The number of fused-ring (bicyclic) bond motifs is 3. The van der Waals surface area contributed by atoms with E-state index in [9.17, 15) is 0 Å². The lowest BCUT2D eigenvalue weighted by atomic mass is 10.1. The maximum absolute atomic E-state index is 4.27. The van der Waals surface area contributed by atoms with E-state index < -0.39 is 0 Å². The fourth-order valence-electron chi connectivity index (χ4n) is 2.08. The van der Waals surface area contributed by atoms with Crippen molar-refractivity contribution in [3.05, 3.63) is 41.7 Å². The van der Waals surface area contributed by atoms with Gasteiger partial charge in [0, 0.05) is 23.5 Å². The zero-order valence-corrected chi connectivity index (χ0v) is 8.78. The summed E-state index contributed by atoms with van der Waals surface area (Å²) in [5.41, 5.74) is 3.44. The molecule has 3 nitrogen and oxygen atoms in total. The Hall–Kier alpha value is -1.90. The summed E-state index contributed by atoms with van der Waals surface area (Å²) >= 11 is 0. The number of rotatable bonds is 0. The lowest BCUT2D eigenvalue weighted by Crippen LogP contribution is -2.24. The van der Waals surface area contributed by atoms with Gasteiger partial charge in [-0.2, -0.15) is 4.40 Å². The average molecular weight is 198 g/mol. The summed E-state index contributed by atoms with van der Waals surface area (Å²) in [5.74, 6) is 1.06. The second-order valence-corrected chi connectivity index (χ2v) is 3.85. The van der Waals surface area contributed by atoms with Crippen LogP contribution >= 0.6 is 0 Å². The average Bonchev–Trinajstić information content (AvgIpc) is 2.61. The van der Waals surface area contributed by atoms with E-state index in [0.29, 0.717) is 0 Å².